The molecule has 0 aliphatic carbocycles. The molecule has 0 bridgehead atoms. The van der Waals surface area contributed by atoms with Crippen molar-refractivity contribution in [1.82, 2.24) is 9.55 Å². The van der Waals surface area contributed by atoms with Gasteiger partial charge in [0.15, 0.2) is 5.16 Å². The summed E-state index contributed by atoms with van der Waals surface area (Å²) in [5.41, 5.74) is -1.47. The fourth-order valence-corrected chi connectivity index (χ4v) is 3.92. The monoisotopic (exact) mass is 471 g/mol. The Morgan fingerprint density at radius 2 is 1.94 bits per heavy atom. The maximum Gasteiger partial charge on any atom is 0.418 e. The van der Waals surface area contributed by atoms with E-state index in [0.29, 0.717) is 17.3 Å². The number of para-hydroxylation sites is 2. The van der Waals surface area contributed by atoms with Gasteiger partial charge < -0.3 is 10.4 Å². The first-order valence-corrected chi connectivity index (χ1v) is 10.5. The normalized spacial score (nSPS) is 11.6. The number of anilines is 1. The van der Waals surface area contributed by atoms with Gasteiger partial charge in [-0.3, -0.25) is 14.2 Å². The van der Waals surface area contributed by atoms with Gasteiger partial charge in [-0.05, 0) is 30.7 Å². The average Bonchev–Trinajstić information content (AvgIpc) is 2.72. The van der Waals surface area contributed by atoms with Crippen LogP contribution in [-0.4, -0.2) is 32.9 Å². The third kappa shape index (κ3) is 5.38. The minimum Gasteiger partial charge on any atom is -0.396 e. The van der Waals surface area contributed by atoms with Gasteiger partial charge in [0.25, 0.3) is 5.56 Å². The van der Waals surface area contributed by atoms with Crippen molar-refractivity contribution in [2.24, 2.45) is 0 Å². The molecule has 0 aliphatic rings. The van der Waals surface area contributed by atoms with Gasteiger partial charge in [-0.15, -0.1) is 0 Å². The molecule has 164 valence electrons. The van der Waals surface area contributed by atoms with Crippen LogP contribution < -0.4 is 10.9 Å². The molecular weight excluding hydrogens is 455 g/mol. The Morgan fingerprint density at radius 3 is 2.65 bits per heavy atom. The molecule has 2 N–H and O–H groups in total. The molecule has 1 amide bonds. The Balaban J connectivity index is 1.85. The number of hydrogen-bond acceptors (Lipinski definition) is 5. The fourth-order valence-electron chi connectivity index (χ4n) is 2.88. The highest BCUT2D eigenvalue weighted by molar-refractivity contribution is 7.99. The van der Waals surface area contributed by atoms with Crippen LogP contribution in [0.5, 0.6) is 0 Å². The zero-order valence-corrected chi connectivity index (χ0v) is 17.5. The number of benzene rings is 2. The zero-order chi connectivity index (χ0) is 22.6. The smallest absolute Gasteiger partial charge is 0.396 e. The van der Waals surface area contributed by atoms with E-state index in [9.17, 15) is 22.8 Å². The molecule has 3 rings (SSSR count). The summed E-state index contributed by atoms with van der Waals surface area (Å²) in [6, 6.07) is 9.90. The third-order valence-electron chi connectivity index (χ3n) is 4.28. The number of halogens is 4. The van der Waals surface area contributed by atoms with Crippen LogP contribution in [0.25, 0.3) is 10.9 Å². The number of aliphatic hydroxyl groups excluding tert-OH is 1. The van der Waals surface area contributed by atoms with Gasteiger partial charge in [0.2, 0.25) is 5.91 Å². The lowest BCUT2D eigenvalue weighted by atomic mass is 10.1. The highest BCUT2D eigenvalue weighted by Crippen LogP contribution is 2.38. The molecule has 0 radical (unpaired) electrons. The van der Waals surface area contributed by atoms with E-state index >= 15 is 0 Å². The number of fused-ring (bicyclic) bond motifs is 1. The lowest BCUT2D eigenvalue weighted by molar-refractivity contribution is -0.137. The van der Waals surface area contributed by atoms with Crippen LogP contribution >= 0.6 is 23.4 Å². The van der Waals surface area contributed by atoms with Crippen LogP contribution in [0.15, 0.2) is 52.4 Å². The Hall–Kier alpha value is -2.56. The second-order valence-corrected chi connectivity index (χ2v) is 7.79. The molecule has 1 aromatic heterocycles. The van der Waals surface area contributed by atoms with E-state index in [1.165, 1.54) is 10.6 Å². The topological polar surface area (TPSA) is 84.2 Å². The van der Waals surface area contributed by atoms with Crippen molar-refractivity contribution in [1.29, 1.82) is 0 Å². The quantitative estimate of drug-likeness (QED) is 0.399. The highest BCUT2D eigenvalue weighted by atomic mass is 35.5. The molecule has 0 saturated carbocycles. The maximum atomic E-state index is 13.2. The van der Waals surface area contributed by atoms with Gasteiger partial charge in [-0.25, -0.2) is 4.98 Å². The van der Waals surface area contributed by atoms with Gasteiger partial charge in [-0.2, -0.15) is 13.2 Å². The van der Waals surface area contributed by atoms with Crippen molar-refractivity contribution in [2.75, 3.05) is 17.7 Å². The van der Waals surface area contributed by atoms with Crippen LogP contribution in [0.4, 0.5) is 18.9 Å². The van der Waals surface area contributed by atoms with Crippen molar-refractivity contribution >= 4 is 45.9 Å². The summed E-state index contributed by atoms with van der Waals surface area (Å²) in [4.78, 5) is 29.6. The number of nitrogens with one attached hydrogen (secondary N) is 1. The number of hydrogen-bond donors (Lipinski definition) is 2. The zero-order valence-electron chi connectivity index (χ0n) is 15.9. The largest absolute Gasteiger partial charge is 0.418 e. The number of carbonyl (C=O) groups is 1. The first kappa shape index (κ1) is 23.1. The minimum atomic E-state index is -4.69. The van der Waals surface area contributed by atoms with Crippen molar-refractivity contribution in [3.8, 4) is 0 Å². The molecule has 2 aromatic carbocycles. The lowest BCUT2D eigenvalue weighted by Gasteiger charge is -2.15. The molecule has 0 saturated heterocycles. The van der Waals surface area contributed by atoms with Gasteiger partial charge in [0.1, 0.15) is 0 Å². The highest BCUT2D eigenvalue weighted by Gasteiger charge is 2.34. The Bertz CT molecular complexity index is 1170. The van der Waals surface area contributed by atoms with E-state index < -0.39 is 23.3 Å². The SMILES string of the molecule is O=C(CSc1nc2ccccc2c(=O)n1CCCO)Nc1c(Cl)cccc1C(F)(F)F. The molecule has 0 atom stereocenters. The second-order valence-electron chi connectivity index (χ2n) is 6.44. The van der Waals surface area contributed by atoms with Gasteiger partial charge in [-0.1, -0.05) is 41.6 Å². The number of aliphatic hydroxyl groups is 1. The summed E-state index contributed by atoms with van der Waals surface area (Å²) >= 11 is 6.77. The van der Waals surface area contributed by atoms with Gasteiger partial charge >= 0.3 is 6.18 Å². The van der Waals surface area contributed by atoms with Crippen LogP contribution in [0.1, 0.15) is 12.0 Å². The molecule has 0 aliphatic heterocycles. The van der Waals surface area contributed by atoms with E-state index in [-0.39, 0.29) is 34.6 Å². The molecule has 1 heterocycles. The number of rotatable bonds is 7. The molecule has 31 heavy (non-hydrogen) atoms. The summed E-state index contributed by atoms with van der Waals surface area (Å²) < 4.78 is 41.0. The molecule has 0 unspecified atom stereocenters. The molecule has 0 spiro atoms. The van der Waals surface area contributed by atoms with Crippen LogP contribution in [-0.2, 0) is 17.5 Å². The van der Waals surface area contributed by atoms with Crippen molar-refractivity contribution in [3.05, 3.63) is 63.4 Å². The Labute approximate surface area is 184 Å². The number of alkyl halides is 3. The van der Waals surface area contributed by atoms with Crippen LogP contribution in [0.3, 0.4) is 0 Å². The first-order chi connectivity index (χ1) is 14.7. The first-order valence-electron chi connectivity index (χ1n) is 9.11. The number of amides is 1. The van der Waals surface area contributed by atoms with Crippen LogP contribution in [0.2, 0.25) is 5.02 Å². The molecule has 3 aromatic rings. The van der Waals surface area contributed by atoms with Gasteiger partial charge in [0, 0.05) is 13.2 Å². The lowest BCUT2D eigenvalue weighted by Crippen LogP contribution is -2.25. The Kier molecular flexibility index (Phi) is 7.24. The van der Waals surface area contributed by atoms with Crippen LogP contribution in [0, 0.1) is 0 Å². The minimum absolute atomic E-state index is 0.142. The average molecular weight is 472 g/mol. The fraction of sp³-hybridized carbons (Fsp3) is 0.250. The number of aromatic nitrogens is 2. The number of thioether (sulfide) groups is 1. The number of nitrogens with zero attached hydrogens (tertiary/aromatic N) is 2. The molecular formula is C20H17ClF3N3O3S. The Morgan fingerprint density at radius 1 is 1.19 bits per heavy atom. The summed E-state index contributed by atoms with van der Waals surface area (Å²) in [7, 11) is 0. The molecule has 11 heteroatoms. The molecule has 6 nitrogen and oxygen atoms in total. The third-order valence-corrected chi connectivity index (χ3v) is 5.57. The second kappa shape index (κ2) is 9.71. The van der Waals surface area contributed by atoms with E-state index in [1.807, 2.05) is 0 Å². The van der Waals surface area contributed by atoms with Gasteiger partial charge in [0.05, 0.1) is 32.9 Å². The number of carbonyl (C=O) groups excluding carboxylic acids is 1. The standard InChI is InChI=1S/C20H17ClF3N3O3S/c21-14-7-3-6-13(20(22,23)24)17(14)26-16(29)11-31-19-25-15-8-2-1-5-12(15)18(30)27(19)9-4-10-28/h1-3,5-8,28H,4,9-11H2,(H,26,29). The summed E-state index contributed by atoms with van der Waals surface area (Å²) in [5, 5.41) is 11.7. The predicted molar refractivity (Wildman–Crippen MR) is 114 cm³/mol. The maximum absolute atomic E-state index is 13.2. The van der Waals surface area contributed by atoms with E-state index in [1.54, 1.807) is 24.3 Å². The van der Waals surface area contributed by atoms with Crippen molar-refractivity contribution < 1.29 is 23.1 Å². The summed E-state index contributed by atoms with van der Waals surface area (Å²) in [5.74, 6) is -1.04. The summed E-state index contributed by atoms with van der Waals surface area (Å²) in [6.45, 7) is 0.0381. The predicted octanol–water partition coefficient (Wildman–Crippen LogP) is 4.18. The van der Waals surface area contributed by atoms with Crippen molar-refractivity contribution in [3.63, 3.8) is 0 Å². The van der Waals surface area contributed by atoms with E-state index in [2.05, 4.69) is 10.3 Å². The molecule has 0 fully saturated rings. The van der Waals surface area contributed by atoms with E-state index in [0.717, 1.165) is 23.9 Å². The van der Waals surface area contributed by atoms with Crippen molar-refractivity contribution in [2.45, 2.75) is 24.3 Å². The summed E-state index contributed by atoms with van der Waals surface area (Å²) in [6.07, 6.45) is -4.39. The van der Waals surface area contributed by atoms with E-state index in [4.69, 9.17) is 16.7 Å².